The minimum Gasteiger partial charge on any atom is -0.354 e. The van der Waals surface area contributed by atoms with Crippen molar-refractivity contribution in [2.45, 2.75) is 26.3 Å². The molecule has 0 aromatic heterocycles. The Morgan fingerprint density at radius 1 is 1.00 bits per heavy atom. The van der Waals surface area contributed by atoms with Crippen LogP contribution in [0.5, 0.6) is 0 Å². The lowest BCUT2D eigenvalue weighted by Crippen LogP contribution is -2.39. The van der Waals surface area contributed by atoms with Crippen LogP contribution in [0.3, 0.4) is 0 Å². The molecule has 1 atom stereocenters. The van der Waals surface area contributed by atoms with Crippen LogP contribution in [0.4, 0.5) is 0 Å². The number of hydrogen-bond acceptors (Lipinski definition) is 2. The zero-order valence-corrected chi connectivity index (χ0v) is 14.5. The summed E-state index contributed by atoms with van der Waals surface area (Å²) >= 11 is 0. The average Bonchev–Trinajstić information content (AvgIpc) is 2.55. The lowest BCUT2D eigenvalue weighted by Gasteiger charge is -2.13. The number of rotatable bonds is 7. The first-order chi connectivity index (χ1) is 10.7. The van der Waals surface area contributed by atoms with E-state index in [1.54, 1.807) is 0 Å². The first kappa shape index (κ1) is 19.2. The van der Waals surface area contributed by atoms with Crippen molar-refractivity contribution in [3.05, 3.63) is 60.2 Å². The quantitative estimate of drug-likeness (QED) is 0.815. The van der Waals surface area contributed by atoms with Crippen LogP contribution in [0.25, 0.3) is 11.1 Å². The molecule has 0 aliphatic carbocycles. The molecule has 2 aromatic carbocycles. The zero-order valence-electron chi connectivity index (χ0n) is 13.7. The van der Waals surface area contributed by atoms with E-state index < -0.39 is 0 Å². The van der Waals surface area contributed by atoms with Crippen molar-refractivity contribution in [1.82, 2.24) is 10.6 Å². The smallest absolute Gasteiger partial charge is 0.224 e. The second kappa shape index (κ2) is 10.0. The summed E-state index contributed by atoms with van der Waals surface area (Å²) in [5.74, 6) is 0.0669. The van der Waals surface area contributed by atoms with Gasteiger partial charge in [0, 0.05) is 12.6 Å². The van der Waals surface area contributed by atoms with E-state index in [1.165, 1.54) is 11.1 Å². The normalized spacial score (nSPS) is 11.4. The van der Waals surface area contributed by atoms with E-state index in [9.17, 15) is 4.79 Å². The monoisotopic (exact) mass is 332 g/mol. The van der Waals surface area contributed by atoms with Crippen LogP contribution >= 0.6 is 12.4 Å². The van der Waals surface area contributed by atoms with Gasteiger partial charge in [-0.05, 0) is 30.2 Å². The van der Waals surface area contributed by atoms with Gasteiger partial charge in [0.1, 0.15) is 0 Å². The molecule has 0 aliphatic heterocycles. The van der Waals surface area contributed by atoms with Crippen LogP contribution in [0.2, 0.25) is 0 Å². The number of carbonyl (C=O) groups excluding carboxylic acids is 1. The second-order valence-electron chi connectivity index (χ2n) is 5.50. The molecule has 1 amide bonds. The third-order valence-corrected chi connectivity index (χ3v) is 3.58. The minimum absolute atomic E-state index is 0. The molecule has 0 spiro atoms. The predicted molar refractivity (Wildman–Crippen MR) is 99.0 cm³/mol. The molecule has 0 heterocycles. The van der Waals surface area contributed by atoms with Gasteiger partial charge in [-0.25, -0.2) is 0 Å². The van der Waals surface area contributed by atoms with E-state index in [0.29, 0.717) is 19.0 Å². The molecular weight excluding hydrogens is 308 g/mol. The van der Waals surface area contributed by atoms with Gasteiger partial charge < -0.3 is 10.6 Å². The number of hydrogen-bond donors (Lipinski definition) is 2. The number of amides is 1. The summed E-state index contributed by atoms with van der Waals surface area (Å²) in [5.41, 5.74) is 3.40. The molecule has 2 N–H and O–H groups in total. The summed E-state index contributed by atoms with van der Waals surface area (Å²) in [5, 5.41) is 6.24. The number of halogens is 1. The van der Waals surface area contributed by atoms with Gasteiger partial charge in [-0.1, -0.05) is 61.5 Å². The Hall–Kier alpha value is -1.84. The van der Waals surface area contributed by atoms with Crippen molar-refractivity contribution in [3.63, 3.8) is 0 Å². The number of nitrogens with one attached hydrogen (secondary N) is 2. The summed E-state index contributed by atoms with van der Waals surface area (Å²) in [7, 11) is 0. The third-order valence-electron chi connectivity index (χ3n) is 3.58. The van der Waals surface area contributed by atoms with E-state index in [2.05, 4.69) is 48.7 Å². The highest BCUT2D eigenvalue weighted by molar-refractivity contribution is 5.85. The summed E-state index contributed by atoms with van der Waals surface area (Å²) < 4.78 is 0. The van der Waals surface area contributed by atoms with Gasteiger partial charge in [0.25, 0.3) is 0 Å². The summed E-state index contributed by atoms with van der Waals surface area (Å²) in [6.07, 6.45) is 0.425. The largest absolute Gasteiger partial charge is 0.354 e. The fraction of sp³-hybridized carbons (Fsp3) is 0.316. The Bertz CT molecular complexity index is 584. The highest BCUT2D eigenvalue weighted by Gasteiger charge is 2.06. The van der Waals surface area contributed by atoms with Crippen molar-refractivity contribution in [2.75, 3.05) is 13.1 Å². The Morgan fingerprint density at radius 2 is 1.61 bits per heavy atom. The highest BCUT2D eigenvalue weighted by atomic mass is 35.5. The maximum absolute atomic E-state index is 11.9. The van der Waals surface area contributed by atoms with Crippen molar-refractivity contribution >= 4 is 18.3 Å². The predicted octanol–water partition coefficient (Wildman–Crippen LogP) is 3.43. The van der Waals surface area contributed by atoms with E-state index >= 15 is 0 Å². The molecule has 4 heteroatoms. The summed E-state index contributed by atoms with van der Waals surface area (Å²) in [6.45, 7) is 5.71. The second-order valence-corrected chi connectivity index (χ2v) is 5.50. The Labute approximate surface area is 144 Å². The van der Waals surface area contributed by atoms with Crippen molar-refractivity contribution < 1.29 is 4.79 Å². The maximum atomic E-state index is 11.9. The van der Waals surface area contributed by atoms with E-state index in [-0.39, 0.29) is 18.3 Å². The molecule has 3 nitrogen and oxygen atoms in total. The molecule has 0 saturated heterocycles. The molecular formula is C19H25ClN2O. The first-order valence-electron chi connectivity index (χ1n) is 7.83. The molecule has 0 bridgehead atoms. The third kappa shape index (κ3) is 6.43. The van der Waals surface area contributed by atoms with E-state index in [4.69, 9.17) is 0 Å². The Kier molecular flexibility index (Phi) is 8.38. The van der Waals surface area contributed by atoms with Crippen molar-refractivity contribution in [3.8, 4) is 11.1 Å². The molecule has 0 fully saturated rings. The fourth-order valence-corrected chi connectivity index (χ4v) is 2.38. The minimum atomic E-state index is 0. The summed E-state index contributed by atoms with van der Waals surface area (Å²) in [4.78, 5) is 11.9. The van der Waals surface area contributed by atoms with Crippen LogP contribution in [0.15, 0.2) is 54.6 Å². The average molecular weight is 333 g/mol. The van der Waals surface area contributed by atoms with Gasteiger partial charge in [-0.2, -0.15) is 0 Å². The van der Waals surface area contributed by atoms with Crippen LogP contribution in [0.1, 0.15) is 19.4 Å². The number of benzene rings is 2. The SMILES string of the molecule is CCN[C@H](C)CNC(=O)Cc1ccc(-c2ccccc2)cc1.Cl. The van der Waals surface area contributed by atoms with Gasteiger partial charge in [-0.3, -0.25) is 4.79 Å². The highest BCUT2D eigenvalue weighted by Crippen LogP contribution is 2.19. The molecule has 2 rings (SSSR count). The summed E-state index contributed by atoms with van der Waals surface area (Å²) in [6, 6.07) is 18.7. The molecule has 124 valence electrons. The number of carbonyl (C=O) groups is 1. The van der Waals surface area contributed by atoms with Gasteiger partial charge in [-0.15, -0.1) is 12.4 Å². The van der Waals surface area contributed by atoms with Crippen molar-refractivity contribution in [2.24, 2.45) is 0 Å². The molecule has 0 saturated carbocycles. The van der Waals surface area contributed by atoms with Gasteiger partial charge in [0.2, 0.25) is 5.91 Å². The van der Waals surface area contributed by atoms with Crippen LogP contribution in [-0.2, 0) is 11.2 Å². The van der Waals surface area contributed by atoms with E-state index in [0.717, 1.165) is 12.1 Å². The zero-order chi connectivity index (χ0) is 15.8. The molecule has 23 heavy (non-hydrogen) atoms. The topological polar surface area (TPSA) is 41.1 Å². The molecule has 2 aromatic rings. The maximum Gasteiger partial charge on any atom is 0.224 e. The van der Waals surface area contributed by atoms with Crippen molar-refractivity contribution in [1.29, 1.82) is 0 Å². The van der Waals surface area contributed by atoms with Gasteiger partial charge in [0.05, 0.1) is 6.42 Å². The molecule has 0 unspecified atom stereocenters. The van der Waals surface area contributed by atoms with Gasteiger partial charge >= 0.3 is 0 Å². The van der Waals surface area contributed by atoms with E-state index in [1.807, 2.05) is 30.3 Å². The molecule has 0 radical (unpaired) electrons. The van der Waals surface area contributed by atoms with Crippen LogP contribution < -0.4 is 10.6 Å². The lowest BCUT2D eigenvalue weighted by molar-refractivity contribution is -0.120. The lowest BCUT2D eigenvalue weighted by atomic mass is 10.0. The Balaban J connectivity index is 0.00000264. The van der Waals surface area contributed by atoms with Crippen LogP contribution in [0, 0.1) is 0 Å². The Morgan fingerprint density at radius 3 is 2.22 bits per heavy atom. The molecule has 0 aliphatic rings. The van der Waals surface area contributed by atoms with Gasteiger partial charge in [0.15, 0.2) is 0 Å². The van der Waals surface area contributed by atoms with Crippen LogP contribution in [-0.4, -0.2) is 25.0 Å². The standard InChI is InChI=1S/C19H24N2O.ClH/c1-3-20-15(2)14-21-19(22)13-16-9-11-18(12-10-16)17-7-5-4-6-8-17;/h4-12,15,20H,3,13-14H2,1-2H3,(H,21,22);1H/t15-;/m1./s1. The fourth-order valence-electron chi connectivity index (χ4n) is 2.38. The first-order valence-corrected chi connectivity index (χ1v) is 7.83. The number of likely N-dealkylation sites (N-methyl/N-ethyl adjacent to an activating group) is 1.